The van der Waals surface area contributed by atoms with Crippen molar-refractivity contribution in [3.8, 4) is 6.07 Å². The fourth-order valence-electron chi connectivity index (χ4n) is 2.18. The van der Waals surface area contributed by atoms with E-state index in [1.165, 1.54) is 6.07 Å². The fraction of sp³-hybridized carbons (Fsp3) is 0.429. The molecule has 1 saturated heterocycles. The van der Waals surface area contributed by atoms with Crippen LogP contribution in [0.15, 0.2) is 18.2 Å². The number of hydrogen-bond donors (Lipinski definition) is 1. The van der Waals surface area contributed by atoms with Gasteiger partial charge in [0.05, 0.1) is 17.2 Å². The highest BCUT2D eigenvalue weighted by molar-refractivity contribution is 5.86. The first kappa shape index (κ1) is 13.5. The number of amides is 1. The van der Waals surface area contributed by atoms with Crippen LogP contribution >= 0.6 is 0 Å². The Kier molecular flexibility index (Phi) is 3.54. The van der Waals surface area contributed by atoms with Crippen molar-refractivity contribution in [3.05, 3.63) is 35.1 Å². The number of benzene rings is 1. The smallest absolute Gasteiger partial charge is 0.242 e. The third-order valence-electron chi connectivity index (χ3n) is 3.31. The maximum atomic E-state index is 13.8. The summed E-state index contributed by atoms with van der Waals surface area (Å²) >= 11 is 0. The van der Waals surface area contributed by atoms with Crippen LogP contribution in [0.25, 0.3) is 0 Å². The van der Waals surface area contributed by atoms with Crippen molar-refractivity contribution in [2.75, 3.05) is 13.1 Å². The Morgan fingerprint density at radius 1 is 1.53 bits per heavy atom. The zero-order valence-electron chi connectivity index (χ0n) is 11.0. The van der Waals surface area contributed by atoms with Crippen LogP contribution in [-0.4, -0.2) is 29.4 Å². The van der Waals surface area contributed by atoms with Crippen molar-refractivity contribution in [2.24, 2.45) is 0 Å². The number of rotatable bonds is 2. The van der Waals surface area contributed by atoms with Gasteiger partial charge in [-0.1, -0.05) is 6.07 Å². The highest BCUT2D eigenvalue weighted by Crippen LogP contribution is 2.18. The van der Waals surface area contributed by atoms with Gasteiger partial charge in [0.15, 0.2) is 0 Å². The van der Waals surface area contributed by atoms with Gasteiger partial charge in [-0.15, -0.1) is 0 Å². The number of piperazine rings is 1. The summed E-state index contributed by atoms with van der Waals surface area (Å²) in [4.78, 5) is 13.8. The monoisotopic (exact) mass is 261 g/mol. The van der Waals surface area contributed by atoms with Crippen LogP contribution in [0.5, 0.6) is 0 Å². The van der Waals surface area contributed by atoms with Crippen LogP contribution in [0.1, 0.15) is 25.0 Å². The molecule has 1 fully saturated rings. The van der Waals surface area contributed by atoms with Crippen molar-refractivity contribution < 1.29 is 9.18 Å². The van der Waals surface area contributed by atoms with Crippen LogP contribution in [0.4, 0.5) is 4.39 Å². The molecule has 4 nitrogen and oxygen atoms in total. The lowest BCUT2D eigenvalue weighted by Crippen LogP contribution is -2.60. The third kappa shape index (κ3) is 2.74. The first-order valence-corrected chi connectivity index (χ1v) is 6.17. The van der Waals surface area contributed by atoms with Crippen molar-refractivity contribution in [3.63, 3.8) is 0 Å². The van der Waals surface area contributed by atoms with Gasteiger partial charge in [0.1, 0.15) is 5.82 Å². The molecule has 1 aliphatic rings. The average molecular weight is 261 g/mol. The van der Waals surface area contributed by atoms with Gasteiger partial charge in [-0.05, 0) is 26.0 Å². The normalized spacial score (nSPS) is 18.2. The zero-order valence-corrected chi connectivity index (χ0v) is 11.0. The Balaban J connectivity index is 2.18. The molecule has 1 heterocycles. The number of halogens is 1. The number of carbonyl (C=O) groups excluding carboxylic acids is 1. The number of nitrogens with one attached hydrogen (secondary N) is 1. The number of carbonyl (C=O) groups is 1. The van der Waals surface area contributed by atoms with E-state index in [4.69, 9.17) is 5.26 Å². The van der Waals surface area contributed by atoms with Gasteiger partial charge in [0.2, 0.25) is 5.91 Å². The lowest BCUT2D eigenvalue weighted by atomic mass is 10.00. The molecule has 0 unspecified atom stereocenters. The van der Waals surface area contributed by atoms with E-state index in [-0.39, 0.29) is 18.0 Å². The lowest BCUT2D eigenvalue weighted by Gasteiger charge is -2.38. The molecule has 0 aromatic heterocycles. The average Bonchev–Trinajstić information content (AvgIpc) is 2.37. The Morgan fingerprint density at radius 2 is 2.26 bits per heavy atom. The first-order chi connectivity index (χ1) is 8.94. The van der Waals surface area contributed by atoms with Crippen molar-refractivity contribution in [1.82, 2.24) is 10.2 Å². The summed E-state index contributed by atoms with van der Waals surface area (Å²) in [7, 11) is 0. The minimum absolute atomic E-state index is 0.0393. The van der Waals surface area contributed by atoms with E-state index >= 15 is 0 Å². The topological polar surface area (TPSA) is 56.1 Å². The minimum Gasteiger partial charge on any atom is -0.335 e. The predicted molar refractivity (Wildman–Crippen MR) is 68.6 cm³/mol. The number of hydrogen-bond acceptors (Lipinski definition) is 3. The second-order valence-electron chi connectivity index (χ2n) is 5.20. The maximum absolute atomic E-state index is 13.8. The molecule has 19 heavy (non-hydrogen) atoms. The van der Waals surface area contributed by atoms with E-state index in [0.29, 0.717) is 18.7 Å². The standard InChI is InChI=1S/C14H16FN3O/c1-14(2)13(19)18(6-5-17-14)9-11-4-3-10(8-16)7-12(11)15/h3-4,7,17H,5-6,9H2,1-2H3. The summed E-state index contributed by atoms with van der Waals surface area (Å²) in [6, 6.07) is 6.22. The molecule has 0 spiro atoms. The molecule has 2 rings (SSSR count). The Morgan fingerprint density at radius 3 is 2.89 bits per heavy atom. The van der Waals surface area contributed by atoms with E-state index in [1.54, 1.807) is 17.0 Å². The third-order valence-corrected chi connectivity index (χ3v) is 3.31. The molecule has 0 atom stereocenters. The summed E-state index contributed by atoms with van der Waals surface area (Å²) in [6.07, 6.45) is 0. The molecule has 0 radical (unpaired) electrons. The first-order valence-electron chi connectivity index (χ1n) is 6.17. The van der Waals surface area contributed by atoms with Gasteiger partial charge in [-0.2, -0.15) is 5.26 Å². The minimum atomic E-state index is -0.610. The molecule has 0 saturated carbocycles. The second kappa shape index (κ2) is 4.98. The van der Waals surface area contributed by atoms with Crippen molar-refractivity contribution >= 4 is 5.91 Å². The summed E-state index contributed by atoms with van der Waals surface area (Å²) in [5.74, 6) is -0.481. The van der Waals surface area contributed by atoms with Crippen LogP contribution < -0.4 is 5.32 Å². The van der Waals surface area contributed by atoms with Gasteiger partial charge >= 0.3 is 0 Å². The predicted octanol–water partition coefficient (Wildman–Crippen LogP) is 1.41. The molecule has 1 amide bonds. The summed E-state index contributed by atoms with van der Waals surface area (Å²) in [5.41, 5.74) is 0.111. The van der Waals surface area contributed by atoms with Crippen molar-refractivity contribution in [1.29, 1.82) is 5.26 Å². The van der Waals surface area contributed by atoms with Crippen LogP contribution in [-0.2, 0) is 11.3 Å². The number of nitriles is 1. The van der Waals surface area contributed by atoms with Gasteiger partial charge in [0, 0.05) is 25.2 Å². The molecule has 0 bridgehead atoms. The molecule has 1 aromatic rings. The molecule has 1 aromatic carbocycles. The quantitative estimate of drug-likeness (QED) is 0.875. The van der Waals surface area contributed by atoms with E-state index in [0.717, 1.165) is 0 Å². The van der Waals surface area contributed by atoms with Gasteiger partial charge in [0.25, 0.3) is 0 Å². The fourth-order valence-corrected chi connectivity index (χ4v) is 2.18. The Hall–Kier alpha value is -1.93. The Labute approximate surface area is 111 Å². The van der Waals surface area contributed by atoms with E-state index < -0.39 is 11.4 Å². The van der Waals surface area contributed by atoms with E-state index in [9.17, 15) is 9.18 Å². The summed E-state index contributed by atoms with van der Waals surface area (Å²) < 4.78 is 13.8. The molecular formula is C14H16FN3O. The zero-order chi connectivity index (χ0) is 14.0. The molecular weight excluding hydrogens is 245 g/mol. The molecule has 0 aliphatic carbocycles. The summed E-state index contributed by atoms with van der Waals surface area (Å²) in [5, 5.41) is 11.8. The van der Waals surface area contributed by atoms with E-state index in [2.05, 4.69) is 5.32 Å². The van der Waals surface area contributed by atoms with E-state index in [1.807, 2.05) is 19.9 Å². The molecule has 5 heteroatoms. The second-order valence-corrected chi connectivity index (χ2v) is 5.20. The largest absolute Gasteiger partial charge is 0.335 e. The lowest BCUT2D eigenvalue weighted by molar-refractivity contribution is -0.140. The van der Waals surface area contributed by atoms with Crippen LogP contribution in [0, 0.1) is 17.1 Å². The van der Waals surface area contributed by atoms with Gasteiger partial charge < -0.3 is 10.2 Å². The number of nitrogens with zero attached hydrogens (tertiary/aromatic N) is 2. The van der Waals surface area contributed by atoms with Gasteiger partial charge in [-0.25, -0.2) is 4.39 Å². The van der Waals surface area contributed by atoms with Crippen LogP contribution in [0.2, 0.25) is 0 Å². The molecule has 1 N–H and O–H groups in total. The molecule has 100 valence electrons. The highest BCUT2D eigenvalue weighted by Gasteiger charge is 2.35. The molecule has 1 aliphatic heterocycles. The Bertz CT molecular complexity index is 548. The van der Waals surface area contributed by atoms with Gasteiger partial charge in [-0.3, -0.25) is 4.79 Å². The SMILES string of the molecule is CC1(C)NCCN(Cc2ccc(C#N)cc2F)C1=O. The maximum Gasteiger partial charge on any atom is 0.242 e. The van der Waals surface area contributed by atoms with Crippen molar-refractivity contribution in [2.45, 2.75) is 25.9 Å². The van der Waals surface area contributed by atoms with Crippen LogP contribution in [0.3, 0.4) is 0 Å². The summed E-state index contributed by atoms with van der Waals surface area (Å²) in [6.45, 7) is 5.12. The highest BCUT2D eigenvalue weighted by atomic mass is 19.1.